The van der Waals surface area contributed by atoms with Crippen LogP contribution in [0.4, 0.5) is 15.9 Å². The molecule has 0 aliphatic heterocycles. The van der Waals surface area contributed by atoms with Crippen LogP contribution in [0.5, 0.6) is 0 Å². The van der Waals surface area contributed by atoms with Crippen molar-refractivity contribution in [2.24, 2.45) is 0 Å². The SMILES string of the molecule is C=c1nc(NC(C)c2cc(NC(=O)c3cnc(F)c(C)c3)ccc2C)cn/c1=C/CC. The van der Waals surface area contributed by atoms with Crippen molar-refractivity contribution >= 4 is 30.1 Å². The van der Waals surface area contributed by atoms with Gasteiger partial charge >= 0.3 is 0 Å². The van der Waals surface area contributed by atoms with E-state index in [4.69, 9.17) is 0 Å². The Labute approximate surface area is 181 Å². The van der Waals surface area contributed by atoms with Crippen molar-refractivity contribution in [2.75, 3.05) is 10.6 Å². The fourth-order valence-electron chi connectivity index (χ4n) is 3.24. The summed E-state index contributed by atoms with van der Waals surface area (Å²) in [5, 5.41) is 7.60. The number of pyridine rings is 1. The summed E-state index contributed by atoms with van der Waals surface area (Å²) in [5.41, 5.74) is 3.33. The molecule has 0 bridgehead atoms. The third-order valence-corrected chi connectivity index (χ3v) is 4.92. The minimum absolute atomic E-state index is 0.0821. The van der Waals surface area contributed by atoms with Gasteiger partial charge in [0.2, 0.25) is 5.95 Å². The molecule has 2 aromatic heterocycles. The van der Waals surface area contributed by atoms with Crippen LogP contribution in [-0.4, -0.2) is 20.9 Å². The topological polar surface area (TPSA) is 79.8 Å². The Balaban J connectivity index is 1.79. The predicted octanol–water partition coefficient (Wildman–Crippen LogP) is 3.65. The van der Waals surface area contributed by atoms with Gasteiger partial charge in [0, 0.05) is 17.4 Å². The Hall–Kier alpha value is -3.61. The van der Waals surface area contributed by atoms with Crippen LogP contribution in [0.1, 0.15) is 53.4 Å². The quantitative estimate of drug-likeness (QED) is 0.596. The lowest BCUT2D eigenvalue weighted by molar-refractivity contribution is 0.102. The van der Waals surface area contributed by atoms with Gasteiger partial charge in [-0.25, -0.2) is 9.97 Å². The molecule has 3 rings (SSSR count). The Morgan fingerprint density at radius 1 is 1.19 bits per heavy atom. The van der Waals surface area contributed by atoms with Crippen LogP contribution in [0.15, 0.2) is 36.7 Å². The highest BCUT2D eigenvalue weighted by Gasteiger charge is 2.13. The highest BCUT2D eigenvalue weighted by atomic mass is 19.1. The van der Waals surface area contributed by atoms with Gasteiger partial charge in [0.15, 0.2) is 0 Å². The van der Waals surface area contributed by atoms with E-state index in [9.17, 15) is 9.18 Å². The molecule has 0 aliphatic carbocycles. The summed E-state index contributed by atoms with van der Waals surface area (Å²) < 4.78 is 13.4. The van der Waals surface area contributed by atoms with Gasteiger partial charge < -0.3 is 10.6 Å². The van der Waals surface area contributed by atoms with Crippen LogP contribution in [0.2, 0.25) is 0 Å². The van der Waals surface area contributed by atoms with Crippen molar-refractivity contribution in [1.82, 2.24) is 15.0 Å². The number of aryl methyl sites for hydroxylation is 2. The first-order valence-corrected chi connectivity index (χ1v) is 10.1. The summed E-state index contributed by atoms with van der Waals surface area (Å²) in [6.07, 6.45) is 5.77. The fourth-order valence-corrected chi connectivity index (χ4v) is 3.24. The highest BCUT2D eigenvalue weighted by molar-refractivity contribution is 6.04. The number of halogens is 1. The van der Waals surface area contributed by atoms with Crippen molar-refractivity contribution in [1.29, 1.82) is 0 Å². The molecule has 0 saturated carbocycles. The number of nitrogens with one attached hydrogen (secondary N) is 2. The van der Waals surface area contributed by atoms with Gasteiger partial charge in [-0.05, 0) is 56.5 Å². The predicted molar refractivity (Wildman–Crippen MR) is 122 cm³/mol. The van der Waals surface area contributed by atoms with Gasteiger partial charge in [-0.1, -0.05) is 25.6 Å². The van der Waals surface area contributed by atoms with E-state index < -0.39 is 5.95 Å². The zero-order valence-corrected chi connectivity index (χ0v) is 18.2. The molecule has 0 aliphatic rings. The number of anilines is 2. The number of rotatable bonds is 6. The van der Waals surface area contributed by atoms with Gasteiger partial charge in [-0.3, -0.25) is 9.78 Å². The summed E-state index contributed by atoms with van der Waals surface area (Å²) in [6.45, 7) is 11.6. The van der Waals surface area contributed by atoms with Gasteiger partial charge in [-0.15, -0.1) is 0 Å². The lowest BCUT2D eigenvalue weighted by atomic mass is 10.0. The van der Waals surface area contributed by atoms with E-state index in [0.29, 0.717) is 28.0 Å². The molecule has 1 aromatic carbocycles. The second-order valence-electron chi connectivity index (χ2n) is 7.42. The maximum absolute atomic E-state index is 13.4. The molecular weight excluding hydrogens is 393 g/mol. The number of hydrogen-bond acceptors (Lipinski definition) is 5. The van der Waals surface area contributed by atoms with E-state index >= 15 is 0 Å². The minimum Gasteiger partial charge on any atom is -0.362 e. The van der Waals surface area contributed by atoms with Crippen molar-refractivity contribution in [3.05, 3.63) is 75.6 Å². The first-order chi connectivity index (χ1) is 14.8. The Bertz CT molecular complexity index is 1230. The maximum atomic E-state index is 13.4. The maximum Gasteiger partial charge on any atom is 0.257 e. The van der Waals surface area contributed by atoms with Crippen molar-refractivity contribution in [2.45, 2.75) is 40.2 Å². The average Bonchev–Trinajstić information content (AvgIpc) is 2.73. The van der Waals surface area contributed by atoms with Crippen LogP contribution in [0.25, 0.3) is 12.7 Å². The normalized spacial score (nSPS) is 12.5. The summed E-state index contributed by atoms with van der Waals surface area (Å²) >= 11 is 0. The number of benzene rings is 1. The molecule has 0 spiro atoms. The lowest BCUT2D eigenvalue weighted by Gasteiger charge is -2.18. The molecule has 160 valence electrons. The third-order valence-electron chi connectivity index (χ3n) is 4.92. The molecule has 7 heteroatoms. The fraction of sp³-hybridized carbons (Fsp3) is 0.250. The standard InChI is InChI=1S/C24H26FN5O/c1-6-7-21-17(5)29-22(13-26-21)28-16(4)20-11-19(9-8-14(20)2)30-24(31)18-10-15(3)23(25)27-12-18/h7-13,16H,5-6H2,1-4H3,(H,28,29)(H,30,31)/b21-7+. The van der Waals surface area contributed by atoms with E-state index in [1.807, 2.05) is 45.0 Å². The number of aromatic nitrogens is 3. The summed E-state index contributed by atoms with van der Waals surface area (Å²) in [5.74, 6) is -0.294. The molecule has 3 aromatic rings. The van der Waals surface area contributed by atoms with E-state index in [-0.39, 0.29) is 11.9 Å². The van der Waals surface area contributed by atoms with Crippen molar-refractivity contribution in [3.63, 3.8) is 0 Å². The van der Waals surface area contributed by atoms with E-state index in [1.165, 1.54) is 12.3 Å². The van der Waals surface area contributed by atoms with Crippen molar-refractivity contribution < 1.29 is 9.18 Å². The smallest absolute Gasteiger partial charge is 0.257 e. The number of carbonyl (C=O) groups excluding carboxylic acids is 1. The summed E-state index contributed by atoms with van der Waals surface area (Å²) in [7, 11) is 0. The Morgan fingerprint density at radius 2 is 1.97 bits per heavy atom. The van der Waals surface area contributed by atoms with Crippen LogP contribution in [0, 0.1) is 19.8 Å². The van der Waals surface area contributed by atoms with Crippen LogP contribution < -0.4 is 21.3 Å². The van der Waals surface area contributed by atoms with Gasteiger partial charge in [0.1, 0.15) is 5.82 Å². The molecule has 2 N–H and O–H groups in total. The zero-order valence-electron chi connectivity index (χ0n) is 18.2. The van der Waals surface area contributed by atoms with E-state index in [0.717, 1.165) is 22.9 Å². The first kappa shape index (κ1) is 22.1. The second kappa shape index (κ2) is 9.47. The molecule has 1 amide bonds. The molecule has 0 fully saturated rings. The largest absolute Gasteiger partial charge is 0.362 e. The number of nitrogens with zero attached hydrogens (tertiary/aromatic N) is 3. The van der Waals surface area contributed by atoms with E-state index in [2.05, 4.69) is 32.2 Å². The number of hydrogen-bond donors (Lipinski definition) is 2. The monoisotopic (exact) mass is 419 g/mol. The lowest BCUT2D eigenvalue weighted by Crippen LogP contribution is -2.30. The van der Waals surface area contributed by atoms with E-state index in [1.54, 1.807) is 13.1 Å². The van der Waals surface area contributed by atoms with Gasteiger partial charge in [0.25, 0.3) is 5.91 Å². The molecular formula is C24H26FN5O. The van der Waals surface area contributed by atoms with Crippen molar-refractivity contribution in [3.8, 4) is 0 Å². The third kappa shape index (κ3) is 5.31. The Morgan fingerprint density at radius 3 is 2.65 bits per heavy atom. The molecule has 2 heterocycles. The minimum atomic E-state index is -0.580. The molecule has 31 heavy (non-hydrogen) atoms. The number of amides is 1. The van der Waals surface area contributed by atoms with Gasteiger partial charge in [-0.2, -0.15) is 4.39 Å². The highest BCUT2D eigenvalue weighted by Crippen LogP contribution is 2.24. The summed E-state index contributed by atoms with van der Waals surface area (Å²) in [6, 6.07) is 7.07. The number of carbonyl (C=O) groups is 1. The molecule has 0 radical (unpaired) electrons. The second-order valence-corrected chi connectivity index (χ2v) is 7.42. The van der Waals surface area contributed by atoms with Gasteiger partial charge in [0.05, 0.1) is 28.5 Å². The summed E-state index contributed by atoms with van der Waals surface area (Å²) in [4.78, 5) is 25.1. The first-order valence-electron chi connectivity index (χ1n) is 10.1. The average molecular weight is 420 g/mol. The molecule has 6 nitrogen and oxygen atoms in total. The zero-order chi connectivity index (χ0) is 22.5. The molecule has 1 atom stereocenters. The molecule has 0 saturated heterocycles. The Kier molecular flexibility index (Phi) is 6.74. The van der Waals surface area contributed by atoms with Crippen LogP contribution in [-0.2, 0) is 0 Å². The molecule has 1 unspecified atom stereocenters. The van der Waals surface area contributed by atoms with Crippen LogP contribution >= 0.6 is 0 Å². The van der Waals surface area contributed by atoms with Crippen LogP contribution in [0.3, 0.4) is 0 Å².